The number of aromatic nitrogens is 2. The zero-order valence-electron chi connectivity index (χ0n) is 13.6. The smallest absolute Gasteiger partial charge is 0.0743 e. The molecule has 4 rings (SSSR count). The molecule has 0 unspecified atom stereocenters. The van der Waals surface area contributed by atoms with Crippen molar-refractivity contribution in [1.82, 2.24) is 9.78 Å². The van der Waals surface area contributed by atoms with Crippen LogP contribution in [0, 0.1) is 6.92 Å². The van der Waals surface area contributed by atoms with Gasteiger partial charge in [0.1, 0.15) is 0 Å². The maximum Gasteiger partial charge on any atom is 0.0743 e. The van der Waals surface area contributed by atoms with Crippen LogP contribution in [0.15, 0.2) is 91.0 Å². The molecule has 0 radical (unpaired) electrons. The maximum atomic E-state index is 4.65. The summed E-state index contributed by atoms with van der Waals surface area (Å²) in [5.74, 6) is 0. The molecule has 116 valence electrons. The largest absolute Gasteiger partial charge is 0.233 e. The first-order valence-corrected chi connectivity index (χ1v) is 8.09. The van der Waals surface area contributed by atoms with Crippen LogP contribution in [0.5, 0.6) is 0 Å². The quantitative estimate of drug-likeness (QED) is 0.487. The monoisotopic (exact) mass is 310 g/mol. The highest BCUT2D eigenvalue weighted by Gasteiger charge is 2.09. The van der Waals surface area contributed by atoms with E-state index in [0.717, 1.165) is 17.1 Å². The van der Waals surface area contributed by atoms with E-state index in [2.05, 4.69) is 71.8 Å². The van der Waals surface area contributed by atoms with E-state index in [0.29, 0.717) is 0 Å². The van der Waals surface area contributed by atoms with Gasteiger partial charge in [-0.1, -0.05) is 72.8 Å². The number of nitrogens with zero attached hydrogens (tertiary/aromatic N) is 2. The highest BCUT2D eigenvalue weighted by atomic mass is 15.3. The van der Waals surface area contributed by atoms with Gasteiger partial charge in [0.05, 0.1) is 17.1 Å². The maximum absolute atomic E-state index is 4.65. The van der Waals surface area contributed by atoms with Crippen molar-refractivity contribution in [1.29, 1.82) is 0 Å². The molecule has 0 saturated carbocycles. The number of hydrogen-bond donors (Lipinski definition) is 0. The van der Waals surface area contributed by atoms with E-state index in [1.54, 1.807) is 0 Å². The van der Waals surface area contributed by atoms with E-state index in [1.807, 2.05) is 35.9 Å². The zero-order valence-corrected chi connectivity index (χ0v) is 13.6. The van der Waals surface area contributed by atoms with Gasteiger partial charge in [-0.2, -0.15) is 5.10 Å². The third-order valence-electron chi connectivity index (χ3n) is 4.12. The Morgan fingerprint density at radius 1 is 0.625 bits per heavy atom. The van der Waals surface area contributed by atoms with Crippen molar-refractivity contribution in [3.63, 3.8) is 0 Å². The van der Waals surface area contributed by atoms with Gasteiger partial charge >= 0.3 is 0 Å². The van der Waals surface area contributed by atoms with Crippen LogP contribution in [0.25, 0.3) is 28.1 Å². The van der Waals surface area contributed by atoms with Crippen molar-refractivity contribution < 1.29 is 0 Å². The normalized spacial score (nSPS) is 10.7. The lowest BCUT2D eigenvalue weighted by atomic mass is 10.0. The predicted molar refractivity (Wildman–Crippen MR) is 99.2 cm³/mol. The number of aryl methyl sites for hydroxylation is 1. The lowest BCUT2D eigenvalue weighted by Crippen LogP contribution is -1.98. The van der Waals surface area contributed by atoms with Gasteiger partial charge in [0.15, 0.2) is 0 Å². The Kier molecular flexibility index (Phi) is 3.72. The molecular weight excluding hydrogens is 292 g/mol. The Hall–Kier alpha value is -3.13. The molecular formula is C22H18N2. The van der Waals surface area contributed by atoms with E-state index in [4.69, 9.17) is 0 Å². The van der Waals surface area contributed by atoms with Gasteiger partial charge in [-0.15, -0.1) is 0 Å². The van der Waals surface area contributed by atoms with Crippen LogP contribution in [0.4, 0.5) is 0 Å². The van der Waals surface area contributed by atoms with E-state index >= 15 is 0 Å². The number of rotatable bonds is 3. The van der Waals surface area contributed by atoms with Crippen molar-refractivity contribution in [2.45, 2.75) is 6.92 Å². The van der Waals surface area contributed by atoms with Gasteiger partial charge in [0.2, 0.25) is 0 Å². The van der Waals surface area contributed by atoms with Gasteiger partial charge in [0, 0.05) is 5.56 Å². The molecule has 1 heterocycles. The van der Waals surface area contributed by atoms with Gasteiger partial charge in [0.25, 0.3) is 0 Å². The van der Waals surface area contributed by atoms with Crippen LogP contribution in [-0.4, -0.2) is 9.78 Å². The standard InChI is InChI=1S/C22H18N2/c1-17-16-22(24(23-17)21-10-6-3-7-11-21)20-14-12-19(13-15-20)18-8-4-2-5-9-18/h2-16H,1H3. The lowest BCUT2D eigenvalue weighted by Gasteiger charge is -2.08. The number of hydrogen-bond acceptors (Lipinski definition) is 1. The second kappa shape index (κ2) is 6.17. The lowest BCUT2D eigenvalue weighted by molar-refractivity contribution is 0.869. The molecule has 0 bridgehead atoms. The Morgan fingerprint density at radius 2 is 1.17 bits per heavy atom. The fourth-order valence-electron chi connectivity index (χ4n) is 2.94. The van der Waals surface area contributed by atoms with Crippen LogP contribution in [0.1, 0.15) is 5.69 Å². The molecule has 0 aliphatic heterocycles. The third kappa shape index (κ3) is 2.74. The molecule has 0 spiro atoms. The van der Waals surface area contributed by atoms with E-state index < -0.39 is 0 Å². The average molecular weight is 310 g/mol. The van der Waals surface area contributed by atoms with Crippen molar-refractivity contribution in [2.24, 2.45) is 0 Å². The first-order chi connectivity index (χ1) is 11.8. The molecule has 4 aromatic rings. The zero-order chi connectivity index (χ0) is 16.4. The topological polar surface area (TPSA) is 17.8 Å². The molecule has 0 aliphatic carbocycles. The molecule has 0 atom stereocenters. The van der Waals surface area contributed by atoms with Crippen molar-refractivity contribution >= 4 is 0 Å². The first kappa shape index (κ1) is 14.5. The van der Waals surface area contributed by atoms with Crippen LogP contribution < -0.4 is 0 Å². The van der Waals surface area contributed by atoms with Gasteiger partial charge < -0.3 is 0 Å². The molecule has 2 heteroatoms. The SMILES string of the molecule is Cc1cc(-c2ccc(-c3ccccc3)cc2)n(-c2ccccc2)n1. The summed E-state index contributed by atoms with van der Waals surface area (Å²) in [7, 11) is 0. The molecule has 0 aliphatic rings. The molecule has 0 saturated heterocycles. The first-order valence-electron chi connectivity index (χ1n) is 8.09. The third-order valence-corrected chi connectivity index (χ3v) is 4.12. The van der Waals surface area contributed by atoms with Crippen LogP contribution in [0.3, 0.4) is 0 Å². The average Bonchev–Trinajstić information content (AvgIpc) is 3.05. The fraction of sp³-hybridized carbons (Fsp3) is 0.0455. The van der Waals surface area contributed by atoms with E-state index in [-0.39, 0.29) is 0 Å². The Morgan fingerprint density at radius 3 is 1.83 bits per heavy atom. The number of benzene rings is 3. The second-order valence-electron chi connectivity index (χ2n) is 5.86. The van der Waals surface area contributed by atoms with Crippen molar-refractivity contribution in [3.05, 3.63) is 96.7 Å². The summed E-state index contributed by atoms with van der Waals surface area (Å²) in [5.41, 5.74) is 6.82. The minimum absolute atomic E-state index is 1.01. The minimum Gasteiger partial charge on any atom is -0.233 e. The summed E-state index contributed by atoms with van der Waals surface area (Å²) in [6.07, 6.45) is 0. The van der Waals surface area contributed by atoms with Crippen molar-refractivity contribution in [3.8, 4) is 28.1 Å². The summed E-state index contributed by atoms with van der Waals surface area (Å²) in [6, 6.07) is 31.5. The highest BCUT2D eigenvalue weighted by Crippen LogP contribution is 2.27. The van der Waals surface area contributed by atoms with Gasteiger partial charge in [-0.25, -0.2) is 4.68 Å². The van der Waals surface area contributed by atoms with E-state index in [1.165, 1.54) is 16.7 Å². The van der Waals surface area contributed by atoms with Crippen LogP contribution >= 0.6 is 0 Å². The molecule has 24 heavy (non-hydrogen) atoms. The van der Waals surface area contributed by atoms with Crippen LogP contribution in [-0.2, 0) is 0 Å². The molecule has 1 aromatic heterocycles. The molecule has 0 N–H and O–H groups in total. The fourth-order valence-corrected chi connectivity index (χ4v) is 2.94. The predicted octanol–water partition coefficient (Wildman–Crippen LogP) is 5.51. The Bertz CT molecular complexity index is 936. The number of para-hydroxylation sites is 1. The van der Waals surface area contributed by atoms with Gasteiger partial charge in [-0.05, 0) is 36.2 Å². The summed E-state index contributed by atoms with van der Waals surface area (Å²) in [5, 5.41) is 4.65. The summed E-state index contributed by atoms with van der Waals surface area (Å²) in [6.45, 7) is 2.03. The Labute approximate surface area is 142 Å². The molecule has 0 fully saturated rings. The molecule has 0 amide bonds. The molecule has 3 aromatic carbocycles. The second-order valence-corrected chi connectivity index (χ2v) is 5.86. The minimum atomic E-state index is 1.01. The van der Waals surface area contributed by atoms with Crippen LogP contribution in [0.2, 0.25) is 0 Å². The summed E-state index contributed by atoms with van der Waals surface area (Å²) in [4.78, 5) is 0. The van der Waals surface area contributed by atoms with E-state index in [9.17, 15) is 0 Å². The summed E-state index contributed by atoms with van der Waals surface area (Å²) < 4.78 is 2.01. The summed E-state index contributed by atoms with van der Waals surface area (Å²) >= 11 is 0. The van der Waals surface area contributed by atoms with Gasteiger partial charge in [-0.3, -0.25) is 0 Å². The van der Waals surface area contributed by atoms with Crippen molar-refractivity contribution in [2.75, 3.05) is 0 Å². The molecule has 2 nitrogen and oxygen atoms in total. The Balaban J connectivity index is 1.75. The highest BCUT2D eigenvalue weighted by molar-refractivity contribution is 5.70.